The number of para-hydroxylation sites is 1. The molecule has 0 aliphatic heterocycles. The Labute approximate surface area is 191 Å². The maximum Gasteiger partial charge on any atom is 0.245 e. The predicted molar refractivity (Wildman–Crippen MR) is 127 cm³/mol. The van der Waals surface area contributed by atoms with Crippen molar-refractivity contribution in [1.82, 2.24) is 14.7 Å². The van der Waals surface area contributed by atoms with Crippen molar-refractivity contribution in [3.8, 4) is 5.69 Å². The van der Waals surface area contributed by atoms with Gasteiger partial charge < -0.3 is 10.2 Å². The third-order valence-electron chi connectivity index (χ3n) is 5.12. The van der Waals surface area contributed by atoms with Gasteiger partial charge in [-0.25, -0.2) is 4.68 Å². The van der Waals surface area contributed by atoms with Crippen LogP contribution in [0.3, 0.4) is 0 Å². The van der Waals surface area contributed by atoms with E-state index in [-0.39, 0.29) is 29.7 Å². The molecule has 170 valence electrons. The maximum atomic E-state index is 13.0. The summed E-state index contributed by atoms with van der Waals surface area (Å²) < 4.78 is 1.77. The van der Waals surface area contributed by atoms with Crippen molar-refractivity contribution >= 4 is 29.2 Å². The van der Waals surface area contributed by atoms with Crippen LogP contribution in [0.1, 0.15) is 59.2 Å². The molecule has 0 bridgehead atoms. The van der Waals surface area contributed by atoms with E-state index >= 15 is 0 Å². The van der Waals surface area contributed by atoms with E-state index in [2.05, 4.69) is 26.1 Å². The second-order valence-corrected chi connectivity index (χ2v) is 9.92. The molecule has 0 saturated carbocycles. The molecule has 0 spiro atoms. The Morgan fingerprint density at radius 1 is 1.16 bits per heavy atom. The first kappa shape index (κ1) is 24.9. The van der Waals surface area contributed by atoms with Crippen molar-refractivity contribution in [2.45, 2.75) is 60.3 Å². The average Bonchev–Trinajstić information content (AvgIpc) is 3.11. The van der Waals surface area contributed by atoms with Gasteiger partial charge in [-0.2, -0.15) is 5.10 Å². The van der Waals surface area contributed by atoms with Gasteiger partial charge >= 0.3 is 0 Å². The molecule has 0 aliphatic rings. The number of carbonyl (C=O) groups is 2. The number of hydrogen-bond acceptors (Lipinski definition) is 3. The van der Waals surface area contributed by atoms with Crippen LogP contribution in [0, 0.1) is 12.3 Å². The lowest BCUT2D eigenvalue weighted by atomic mass is 9.92. The molecule has 0 radical (unpaired) electrons. The van der Waals surface area contributed by atoms with E-state index in [0.717, 1.165) is 23.4 Å². The normalized spacial score (nSPS) is 12.0. The van der Waals surface area contributed by atoms with Gasteiger partial charge in [-0.05, 0) is 38.8 Å². The Kier molecular flexibility index (Phi) is 7.93. The minimum Gasteiger partial charge on any atom is -0.333 e. The third kappa shape index (κ3) is 6.10. The molecule has 1 aromatic carbocycles. The van der Waals surface area contributed by atoms with Gasteiger partial charge in [0.2, 0.25) is 11.8 Å². The Bertz CT molecular complexity index is 928. The number of anilines is 1. The van der Waals surface area contributed by atoms with Crippen LogP contribution in [-0.4, -0.2) is 45.5 Å². The Balaban J connectivity index is 2.34. The first-order valence-corrected chi connectivity index (χ1v) is 11.3. The second-order valence-electron chi connectivity index (χ2n) is 9.66. The molecule has 2 rings (SSSR count). The van der Waals surface area contributed by atoms with Crippen molar-refractivity contribution in [2.24, 2.45) is 5.41 Å². The molecule has 6 nitrogen and oxygen atoms in total. The molecular formula is C24H35ClN4O2. The SMILES string of the molecule is CCCN(CC(=O)Nc1cc(C(C)(C)C)nn1-c1ccccc1C)C(=O)C(C)(C)CCl. The van der Waals surface area contributed by atoms with Gasteiger partial charge in [0.15, 0.2) is 0 Å². The number of aromatic nitrogens is 2. The standard InChI is InChI=1S/C24H35ClN4O2/c1-8-13-28(22(31)24(6,7)16-25)15-21(30)26-20-14-19(23(3,4)5)27-29(20)18-12-10-9-11-17(18)2/h9-12,14H,8,13,15-16H2,1-7H3,(H,26,30). The number of halogens is 1. The Morgan fingerprint density at radius 2 is 1.81 bits per heavy atom. The smallest absolute Gasteiger partial charge is 0.245 e. The van der Waals surface area contributed by atoms with Gasteiger partial charge in [-0.15, -0.1) is 11.6 Å². The van der Waals surface area contributed by atoms with Crippen LogP contribution in [0.25, 0.3) is 5.69 Å². The monoisotopic (exact) mass is 446 g/mol. The highest BCUT2D eigenvalue weighted by Gasteiger charge is 2.32. The fraction of sp³-hybridized carbons (Fsp3) is 0.542. The number of amides is 2. The maximum absolute atomic E-state index is 13.0. The number of hydrogen-bond donors (Lipinski definition) is 1. The van der Waals surface area contributed by atoms with E-state index < -0.39 is 5.41 Å². The zero-order chi connectivity index (χ0) is 23.4. The van der Waals surface area contributed by atoms with Crippen molar-refractivity contribution in [2.75, 3.05) is 24.3 Å². The van der Waals surface area contributed by atoms with Gasteiger partial charge in [0.05, 0.1) is 23.3 Å². The average molecular weight is 447 g/mol. The van der Waals surface area contributed by atoms with E-state index in [4.69, 9.17) is 16.7 Å². The molecule has 1 N–H and O–H groups in total. The van der Waals surface area contributed by atoms with Crippen LogP contribution in [0.2, 0.25) is 0 Å². The zero-order valence-electron chi connectivity index (χ0n) is 19.8. The molecule has 7 heteroatoms. The molecule has 0 saturated heterocycles. The Hall–Kier alpha value is -2.34. The summed E-state index contributed by atoms with van der Waals surface area (Å²) in [6.45, 7) is 14.3. The van der Waals surface area contributed by atoms with Gasteiger partial charge in [-0.3, -0.25) is 9.59 Å². The van der Waals surface area contributed by atoms with Crippen molar-refractivity contribution < 1.29 is 9.59 Å². The summed E-state index contributed by atoms with van der Waals surface area (Å²) in [5, 5.41) is 7.75. The minimum absolute atomic E-state index is 0.0310. The van der Waals surface area contributed by atoms with Crippen LogP contribution < -0.4 is 5.32 Å². The van der Waals surface area contributed by atoms with Crippen molar-refractivity contribution in [1.29, 1.82) is 0 Å². The molecule has 1 aromatic heterocycles. The van der Waals surface area contributed by atoms with Crippen LogP contribution in [-0.2, 0) is 15.0 Å². The summed E-state index contributed by atoms with van der Waals surface area (Å²) in [5.41, 5.74) is 1.92. The third-order valence-corrected chi connectivity index (χ3v) is 5.79. The predicted octanol–water partition coefficient (Wildman–Crippen LogP) is 4.92. The summed E-state index contributed by atoms with van der Waals surface area (Å²) in [7, 11) is 0. The lowest BCUT2D eigenvalue weighted by molar-refractivity contribution is -0.141. The Morgan fingerprint density at radius 3 is 2.35 bits per heavy atom. The molecule has 0 aliphatic carbocycles. The van der Waals surface area contributed by atoms with Crippen LogP contribution >= 0.6 is 11.6 Å². The summed E-state index contributed by atoms with van der Waals surface area (Å²) in [5.74, 6) is 0.400. The molecule has 31 heavy (non-hydrogen) atoms. The van der Waals surface area contributed by atoms with E-state index in [0.29, 0.717) is 12.4 Å². The molecule has 0 atom stereocenters. The quantitative estimate of drug-likeness (QED) is 0.585. The van der Waals surface area contributed by atoms with Crippen LogP contribution in [0.15, 0.2) is 30.3 Å². The highest BCUT2D eigenvalue weighted by atomic mass is 35.5. The van der Waals surface area contributed by atoms with Gasteiger partial charge in [0.1, 0.15) is 5.82 Å². The van der Waals surface area contributed by atoms with E-state index in [1.807, 2.05) is 44.2 Å². The zero-order valence-corrected chi connectivity index (χ0v) is 20.5. The lowest BCUT2D eigenvalue weighted by Gasteiger charge is -2.30. The summed E-state index contributed by atoms with van der Waals surface area (Å²) >= 11 is 5.99. The van der Waals surface area contributed by atoms with E-state index in [9.17, 15) is 9.59 Å². The van der Waals surface area contributed by atoms with E-state index in [1.165, 1.54) is 0 Å². The topological polar surface area (TPSA) is 67.2 Å². The van der Waals surface area contributed by atoms with Gasteiger partial charge in [0, 0.05) is 23.9 Å². The minimum atomic E-state index is -0.723. The van der Waals surface area contributed by atoms with Crippen molar-refractivity contribution in [3.63, 3.8) is 0 Å². The molecule has 0 unspecified atom stereocenters. The number of nitrogens with zero attached hydrogens (tertiary/aromatic N) is 3. The second kappa shape index (κ2) is 9.86. The van der Waals surface area contributed by atoms with Gasteiger partial charge in [0.25, 0.3) is 0 Å². The highest BCUT2D eigenvalue weighted by Crippen LogP contribution is 2.27. The summed E-state index contributed by atoms with van der Waals surface area (Å²) in [6.07, 6.45) is 0.757. The molecule has 2 amide bonds. The number of rotatable bonds is 8. The van der Waals surface area contributed by atoms with Crippen LogP contribution in [0.4, 0.5) is 5.82 Å². The number of benzene rings is 1. The lowest BCUT2D eigenvalue weighted by Crippen LogP contribution is -2.45. The fourth-order valence-electron chi connectivity index (χ4n) is 3.18. The van der Waals surface area contributed by atoms with Crippen molar-refractivity contribution in [3.05, 3.63) is 41.6 Å². The fourth-order valence-corrected chi connectivity index (χ4v) is 3.30. The summed E-state index contributed by atoms with van der Waals surface area (Å²) in [6, 6.07) is 9.80. The summed E-state index contributed by atoms with van der Waals surface area (Å²) in [4.78, 5) is 27.4. The van der Waals surface area contributed by atoms with Crippen LogP contribution in [0.5, 0.6) is 0 Å². The number of carbonyl (C=O) groups excluding carboxylic acids is 2. The first-order chi connectivity index (χ1) is 14.4. The van der Waals surface area contributed by atoms with Gasteiger partial charge in [-0.1, -0.05) is 45.9 Å². The largest absolute Gasteiger partial charge is 0.333 e. The number of aryl methyl sites for hydroxylation is 1. The molecule has 2 aromatic rings. The molecule has 1 heterocycles. The number of nitrogens with one attached hydrogen (secondary N) is 1. The highest BCUT2D eigenvalue weighted by molar-refractivity contribution is 6.19. The first-order valence-electron chi connectivity index (χ1n) is 10.7. The number of alkyl halides is 1. The van der Waals surface area contributed by atoms with E-state index in [1.54, 1.807) is 23.4 Å². The molecular weight excluding hydrogens is 412 g/mol. The molecule has 0 fully saturated rings.